The number of halogens is 1. The Hall–Kier alpha value is -2.87. The van der Waals surface area contributed by atoms with E-state index in [2.05, 4.69) is 15.7 Å². The molecule has 1 heterocycles. The Morgan fingerprint density at radius 3 is 2.37 bits per heavy atom. The molecule has 2 rings (SSSR count). The maximum atomic E-state index is 12.5. The Bertz CT molecular complexity index is 899. The lowest BCUT2D eigenvalue weighted by molar-refractivity contribution is -0.135. The molecule has 0 aliphatic carbocycles. The molecule has 0 atom stereocenters. The van der Waals surface area contributed by atoms with E-state index in [0.29, 0.717) is 11.4 Å². The minimum absolute atomic E-state index is 0.0936. The average molecular weight is 393 g/mol. The molecule has 9 heteroatoms. The Labute approximate surface area is 161 Å². The van der Waals surface area contributed by atoms with Crippen LogP contribution in [0.3, 0.4) is 0 Å². The summed E-state index contributed by atoms with van der Waals surface area (Å²) in [5, 5.41) is 18.0. The third-order valence-corrected chi connectivity index (χ3v) is 4.07. The van der Waals surface area contributed by atoms with Crippen LogP contribution in [-0.4, -0.2) is 39.2 Å². The van der Waals surface area contributed by atoms with Crippen molar-refractivity contribution < 1.29 is 19.5 Å². The van der Waals surface area contributed by atoms with Crippen LogP contribution < -0.4 is 10.6 Å². The van der Waals surface area contributed by atoms with Gasteiger partial charge in [-0.2, -0.15) is 5.10 Å². The van der Waals surface area contributed by atoms with Gasteiger partial charge in [0, 0.05) is 18.2 Å². The molecule has 0 bridgehead atoms. The highest BCUT2D eigenvalue weighted by Crippen LogP contribution is 2.23. The molecule has 0 saturated carbocycles. The van der Waals surface area contributed by atoms with Crippen molar-refractivity contribution in [2.24, 2.45) is 7.05 Å². The zero-order valence-corrected chi connectivity index (χ0v) is 16.2. The SMILES string of the molecule is Cn1nc(C(C)(C)C)cc1C(=O)Nc1ccc(C(=O)NCC(=O)O)c(Cl)c1. The van der Waals surface area contributed by atoms with Gasteiger partial charge >= 0.3 is 5.97 Å². The van der Waals surface area contributed by atoms with Crippen molar-refractivity contribution in [3.8, 4) is 0 Å². The van der Waals surface area contributed by atoms with Crippen molar-refractivity contribution >= 4 is 35.1 Å². The quantitative estimate of drug-likeness (QED) is 0.723. The number of anilines is 1. The molecule has 27 heavy (non-hydrogen) atoms. The van der Waals surface area contributed by atoms with Gasteiger partial charge in [-0.25, -0.2) is 0 Å². The molecule has 2 aromatic rings. The van der Waals surface area contributed by atoms with Gasteiger partial charge in [0.05, 0.1) is 16.3 Å². The molecule has 0 aliphatic heterocycles. The molecule has 3 N–H and O–H groups in total. The summed E-state index contributed by atoms with van der Waals surface area (Å²) in [5.41, 5.74) is 1.51. The second kappa shape index (κ2) is 7.79. The molecule has 1 aromatic heterocycles. The Morgan fingerprint density at radius 2 is 1.85 bits per heavy atom. The molecule has 8 nitrogen and oxygen atoms in total. The summed E-state index contributed by atoms with van der Waals surface area (Å²) in [6.07, 6.45) is 0. The fourth-order valence-electron chi connectivity index (χ4n) is 2.27. The zero-order chi connectivity index (χ0) is 20.4. The molecule has 0 fully saturated rings. The van der Waals surface area contributed by atoms with E-state index in [0.717, 1.165) is 5.69 Å². The maximum Gasteiger partial charge on any atom is 0.322 e. The molecular formula is C18H21ClN4O4. The maximum absolute atomic E-state index is 12.5. The summed E-state index contributed by atoms with van der Waals surface area (Å²) in [4.78, 5) is 35.0. The molecular weight excluding hydrogens is 372 g/mol. The van der Waals surface area contributed by atoms with Crippen molar-refractivity contribution in [2.75, 3.05) is 11.9 Å². The van der Waals surface area contributed by atoms with Crippen LogP contribution in [0.4, 0.5) is 5.69 Å². The zero-order valence-electron chi connectivity index (χ0n) is 15.5. The normalized spacial score (nSPS) is 11.1. The van der Waals surface area contributed by atoms with E-state index in [1.807, 2.05) is 20.8 Å². The summed E-state index contributed by atoms with van der Waals surface area (Å²) in [6, 6.07) is 6.08. The molecule has 2 amide bonds. The fourth-order valence-corrected chi connectivity index (χ4v) is 2.54. The predicted molar refractivity (Wildman–Crippen MR) is 101 cm³/mol. The van der Waals surface area contributed by atoms with Crippen molar-refractivity contribution in [3.63, 3.8) is 0 Å². The first-order valence-corrected chi connectivity index (χ1v) is 8.52. The van der Waals surface area contributed by atoms with Gasteiger partial charge in [-0.1, -0.05) is 32.4 Å². The Morgan fingerprint density at radius 1 is 1.19 bits per heavy atom. The number of carbonyl (C=O) groups excluding carboxylic acids is 2. The molecule has 1 aromatic carbocycles. The minimum atomic E-state index is -1.16. The van der Waals surface area contributed by atoms with Gasteiger partial charge in [-0.15, -0.1) is 0 Å². The minimum Gasteiger partial charge on any atom is -0.480 e. The molecule has 0 saturated heterocycles. The van der Waals surface area contributed by atoms with E-state index >= 15 is 0 Å². The van der Waals surface area contributed by atoms with Gasteiger partial charge in [-0.05, 0) is 24.3 Å². The van der Waals surface area contributed by atoms with Gasteiger partial charge in [0.2, 0.25) is 0 Å². The number of aromatic nitrogens is 2. The number of benzene rings is 1. The summed E-state index contributed by atoms with van der Waals surface area (Å²) >= 11 is 6.09. The standard InChI is InChI=1S/C18H21ClN4O4/c1-18(2,3)14-8-13(23(4)22-14)17(27)21-10-5-6-11(12(19)7-10)16(26)20-9-15(24)25/h5-8H,9H2,1-4H3,(H,20,26)(H,21,27)(H,24,25). The first-order chi connectivity index (χ1) is 12.5. The van der Waals surface area contributed by atoms with Crippen LogP contribution in [0, 0.1) is 0 Å². The number of aliphatic carboxylic acids is 1. The van der Waals surface area contributed by atoms with Gasteiger partial charge < -0.3 is 15.7 Å². The lowest BCUT2D eigenvalue weighted by Crippen LogP contribution is -2.29. The second-order valence-corrected chi connectivity index (χ2v) is 7.42. The second-order valence-electron chi connectivity index (χ2n) is 7.01. The summed E-state index contributed by atoms with van der Waals surface area (Å²) in [6.45, 7) is 5.50. The molecule has 0 spiro atoms. The lowest BCUT2D eigenvalue weighted by Gasteiger charge is -2.13. The van der Waals surface area contributed by atoms with Gasteiger partial charge in [-0.3, -0.25) is 19.1 Å². The van der Waals surface area contributed by atoms with E-state index in [9.17, 15) is 14.4 Å². The van der Waals surface area contributed by atoms with Crippen LogP contribution in [0.5, 0.6) is 0 Å². The van der Waals surface area contributed by atoms with Crippen LogP contribution in [0.2, 0.25) is 5.02 Å². The van der Waals surface area contributed by atoms with Crippen LogP contribution in [-0.2, 0) is 17.3 Å². The molecule has 0 unspecified atom stereocenters. The predicted octanol–water partition coefficient (Wildman–Crippen LogP) is 2.44. The highest BCUT2D eigenvalue weighted by molar-refractivity contribution is 6.34. The number of hydrogen-bond donors (Lipinski definition) is 3. The van der Waals surface area contributed by atoms with Crippen LogP contribution in [0.15, 0.2) is 24.3 Å². The van der Waals surface area contributed by atoms with Crippen molar-refractivity contribution in [3.05, 3.63) is 46.2 Å². The van der Waals surface area contributed by atoms with Crippen LogP contribution >= 0.6 is 11.6 Å². The number of carboxylic acids is 1. The van der Waals surface area contributed by atoms with Crippen LogP contribution in [0.1, 0.15) is 47.3 Å². The first-order valence-electron chi connectivity index (χ1n) is 8.14. The smallest absolute Gasteiger partial charge is 0.322 e. The van der Waals surface area contributed by atoms with Crippen molar-refractivity contribution in [1.82, 2.24) is 15.1 Å². The first kappa shape index (κ1) is 20.4. The Balaban J connectivity index is 2.15. The highest BCUT2D eigenvalue weighted by atomic mass is 35.5. The highest BCUT2D eigenvalue weighted by Gasteiger charge is 2.22. The Kier molecular flexibility index (Phi) is 5.90. The van der Waals surface area contributed by atoms with Gasteiger partial charge in [0.25, 0.3) is 11.8 Å². The largest absolute Gasteiger partial charge is 0.480 e. The number of nitrogens with zero attached hydrogens (tertiary/aromatic N) is 2. The van der Waals surface area contributed by atoms with E-state index in [-0.39, 0.29) is 21.9 Å². The lowest BCUT2D eigenvalue weighted by atomic mass is 9.92. The summed E-state index contributed by atoms with van der Waals surface area (Å²) in [5.74, 6) is -2.13. The third-order valence-electron chi connectivity index (χ3n) is 3.75. The number of nitrogens with one attached hydrogen (secondary N) is 2. The summed E-state index contributed by atoms with van der Waals surface area (Å²) in [7, 11) is 1.69. The fraction of sp³-hybridized carbons (Fsp3) is 0.333. The van der Waals surface area contributed by atoms with Gasteiger partial charge in [0.15, 0.2) is 0 Å². The number of aryl methyl sites for hydroxylation is 1. The topological polar surface area (TPSA) is 113 Å². The van der Waals surface area contributed by atoms with E-state index < -0.39 is 18.4 Å². The number of carbonyl (C=O) groups is 3. The van der Waals surface area contributed by atoms with Crippen molar-refractivity contribution in [2.45, 2.75) is 26.2 Å². The number of hydrogen-bond acceptors (Lipinski definition) is 4. The van der Waals surface area contributed by atoms with E-state index in [1.54, 1.807) is 13.1 Å². The van der Waals surface area contributed by atoms with E-state index in [1.165, 1.54) is 22.9 Å². The van der Waals surface area contributed by atoms with Crippen LogP contribution in [0.25, 0.3) is 0 Å². The average Bonchev–Trinajstić information content (AvgIpc) is 2.95. The molecule has 144 valence electrons. The van der Waals surface area contributed by atoms with Gasteiger partial charge in [0.1, 0.15) is 12.2 Å². The summed E-state index contributed by atoms with van der Waals surface area (Å²) < 4.78 is 1.51. The number of carboxylic acid groups (broad SMARTS) is 1. The number of rotatable bonds is 5. The molecule has 0 radical (unpaired) electrons. The van der Waals surface area contributed by atoms with E-state index in [4.69, 9.17) is 16.7 Å². The third kappa shape index (κ3) is 5.07. The molecule has 0 aliphatic rings. The number of amides is 2. The van der Waals surface area contributed by atoms with Crippen molar-refractivity contribution in [1.29, 1.82) is 0 Å². The monoisotopic (exact) mass is 392 g/mol.